The highest BCUT2D eigenvalue weighted by Crippen LogP contribution is 2.30. The zero-order chi connectivity index (χ0) is 16.9. The number of nitrogens with zero attached hydrogens (tertiary/aromatic N) is 2. The van der Waals surface area contributed by atoms with Gasteiger partial charge in [-0.2, -0.15) is 0 Å². The van der Waals surface area contributed by atoms with E-state index in [2.05, 4.69) is 10.2 Å². The molecule has 2 atom stereocenters. The van der Waals surface area contributed by atoms with Crippen LogP contribution in [0.3, 0.4) is 0 Å². The summed E-state index contributed by atoms with van der Waals surface area (Å²) in [7, 11) is 0. The van der Waals surface area contributed by atoms with E-state index in [0.717, 1.165) is 62.8 Å². The highest BCUT2D eigenvalue weighted by Gasteiger charge is 2.33. The van der Waals surface area contributed by atoms with E-state index in [1.807, 2.05) is 12.1 Å². The Bertz CT molecular complexity index is 551. The van der Waals surface area contributed by atoms with Crippen molar-refractivity contribution in [1.29, 1.82) is 0 Å². The molecule has 146 valence electrons. The van der Waals surface area contributed by atoms with Crippen molar-refractivity contribution in [3.05, 3.63) is 24.2 Å². The van der Waals surface area contributed by atoms with Gasteiger partial charge in [-0.1, -0.05) is 12.8 Å². The third-order valence-corrected chi connectivity index (χ3v) is 6.04. The van der Waals surface area contributed by atoms with Gasteiger partial charge in [-0.3, -0.25) is 4.99 Å². The number of likely N-dealkylation sites (tertiary alicyclic amines) is 1. The van der Waals surface area contributed by atoms with Crippen molar-refractivity contribution in [2.45, 2.75) is 51.0 Å². The number of rotatable bonds is 5. The van der Waals surface area contributed by atoms with Gasteiger partial charge in [0.05, 0.1) is 6.26 Å². The molecule has 0 bridgehead atoms. The molecule has 4 rings (SSSR count). The molecule has 1 saturated carbocycles. The van der Waals surface area contributed by atoms with Crippen LogP contribution in [0.5, 0.6) is 0 Å². The Hall–Kier alpha value is -0.760. The first-order chi connectivity index (χ1) is 12.4. The van der Waals surface area contributed by atoms with E-state index in [9.17, 15) is 0 Å². The molecule has 3 heterocycles. The van der Waals surface area contributed by atoms with Crippen molar-refractivity contribution in [2.24, 2.45) is 16.8 Å². The smallest absolute Gasteiger partial charge is 0.194 e. The van der Waals surface area contributed by atoms with Crippen LogP contribution in [-0.2, 0) is 11.2 Å². The highest BCUT2D eigenvalue weighted by molar-refractivity contribution is 14.0. The largest absolute Gasteiger partial charge is 0.469 e. The van der Waals surface area contributed by atoms with Crippen molar-refractivity contribution in [2.75, 3.05) is 32.8 Å². The lowest BCUT2D eigenvalue weighted by molar-refractivity contribution is 0.173. The molecule has 0 aromatic carbocycles. The van der Waals surface area contributed by atoms with Crippen LogP contribution < -0.4 is 5.32 Å². The molecule has 1 aromatic rings. The van der Waals surface area contributed by atoms with E-state index < -0.39 is 0 Å². The van der Waals surface area contributed by atoms with Gasteiger partial charge in [-0.15, -0.1) is 24.0 Å². The summed E-state index contributed by atoms with van der Waals surface area (Å²) in [4.78, 5) is 7.43. The molecular formula is C20H32IN3O2. The first-order valence-electron chi connectivity index (χ1n) is 10.0. The van der Waals surface area contributed by atoms with Gasteiger partial charge >= 0.3 is 0 Å². The summed E-state index contributed by atoms with van der Waals surface area (Å²) in [6.45, 7) is 4.95. The number of furan rings is 1. The second-order valence-electron chi connectivity index (χ2n) is 7.78. The van der Waals surface area contributed by atoms with E-state index in [1.54, 1.807) is 6.26 Å². The van der Waals surface area contributed by atoms with Gasteiger partial charge in [0.25, 0.3) is 0 Å². The van der Waals surface area contributed by atoms with Gasteiger partial charge in [0.15, 0.2) is 5.96 Å². The normalized spacial score (nSPS) is 27.1. The fourth-order valence-electron chi connectivity index (χ4n) is 4.51. The molecule has 2 saturated heterocycles. The molecule has 1 N–H and O–H groups in total. The van der Waals surface area contributed by atoms with E-state index in [0.29, 0.717) is 6.04 Å². The molecule has 0 radical (unpaired) electrons. The molecule has 0 amide bonds. The fourth-order valence-corrected chi connectivity index (χ4v) is 4.51. The summed E-state index contributed by atoms with van der Waals surface area (Å²) < 4.78 is 11.0. The van der Waals surface area contributed by atoms with Gasteiger partial charge in [0.2, 0.25) is 0 Å². The first-order valence-corrected chi connectivity index (χ1v) is 10.0. The summed E-state index contributed by atoms with van der Waals surface area (Å²) in [6, 6.07) is 4.59. The zero-order valence-corrected chi connectivity index (χ0v) is 17.9. The molecular weight excluding hydrogens is 441 g/mol. The molecule has 6 heteroatoms. The summed E-state index contributed by atoms with van der Waals surface area (Å²) in [5.74, 6) is 3.66. The minimum atomic E-state index is 0. The molecule has 2 unspecified atom stereocenters. The van der Waals surface area contributed by atoms with Crippen LogP contribution in [0.4, 0.5) is 0 Å². The predicted molar refractivity (Wildman–Crippen MR) is 114 cm³/mol. The van der Waals surface area contributed by atoms with Crippen LogP contribution in [0.2, 0.25) is 0 Å². The minimum absolute atomic E-state index is 0. The van der Waals surface area contributed by atoms with E-state index in [1.165, 1.54) is 38.5 Å². The number of aliphatic imine (C=N–C) groups is 1. The Morgan fingerprint density at radius 3 is 2.81 bits per heavy atom. The molecule has 1 aliphatic carbocycles. The average Bonchev–Trinajstić information content (AvgIpc) is 3.41. The Labute approximate surface area is 174 Å². The van der Waals surface area contributed by atoms with Crippen molar-refractivity contribution < 1.29 is 9.15 Å². The molecule has 2 aliphatic heterocycles. The van der Waals surface area contributed by atoms with E-state index >= 15 is 0 Å². The molecule has 5 nitrogen and oxygen atoms in total. The quantitative estimate of drug-likeness (QED) is 0.403. The summed E-state index contributed by atoms with van der Waals surface area (Å²) >= 11 is 0. The standard InChI is InChI=1S/C20H31N3O2.HI/c1-2-5-18(4-1)22-20(21-10-7-19-6-3-12-25-19)23-11-8-16(14-23)17-9-13-24-15-17;/h3,6,12,16-18H,1-2,4-5,7-11,13-15H2,(H,21,22);1H. The topological polar surface area (TPSA) is 50.0 Å². The zero-order valence-electron chi connectivity index (χ0n) is 15.6. The summed E-state index contributed by atoms with van der Waals surface area (Å²) in [6.07, 6.45) is 10.4. The molecule has 3 fully saturated rings. The highest BCUT2D eigenvalue weighted by atomic mass is 127. The first kappa shape index (κ1) is 20.0. The van der Waals surface area contributed by atoms with Crippen LogP contribution in [0.1, 0.15) is 44.3 Å². The Kier molecular flexibility index (Phi) is 7.66. The van der Waals surface area contributed by atoms with Gasteiger partial charge < -0.3 is 19.4 Å². The maximum absolute atomic E-state index is 5.60. The lowest BCUT2D eigenvalue weighted by Gasteiger charge is -2.26. The van der Waals surface area contributed by atoms with E-state index in [-0.39, 0.29) is 24.0 Å². The lowest BCUT2D eigenvalue weighted by Crippen LogP contribution is -2.44. The number of ether oxygens (including phenoxy) is 1. The van der Waals surface area contributed by atoms with Crippen LogP contribution in [0, 0.1) is 11.8 Å². The van der Waals surface area contributed by atoms with Crippen molar-refractivity contribution in [3.63, 3.8) is 0 Å². The number of hydrogen-bond donors (Lipinski definition) is 1. The molecule has 0 spiro atoms. The third-order valence-electron chi connectivity index (χ3n) is 6.04. The summed E-state index contributed by atoms with van der Waals surface area (Å²) in [5, 5.41) is 3.76. The van der Waals surface area contributed by atoms with Gasteiger partial charge in [0, 0.05) is 45.3 Å². The number of nitrogens with one attached hydrogen (secondary N) is 1. The summed E-state index contributed by atoms with van der Waals surface area (Å²) in [5.41, 5.74) is 0. The van der Waals surface area contributed by atoms with Crippen molar-refractivity contribution >= 4 is 29.9 Å². The lowest BCUT2D eigenvalue weighted by atomic mass is 9.91. The molecule has 3 aliphatic rings. The Balaban J connectivity index is 0.00000196. The van der Waals surface area contributed by atoms with Crippen LogP contribution >= 0.6 is 24.0 Å². The number of halogens is 1. The third kappa shape index (κ3) is 5.15. The second kappa shape index (κ2) is 9.97. The molecule has 1 aromatic heterocycles. The Morgan fingerprint density at radius 2 is 2.08 bits per heavy atom. The average molecular weight is 473 g/mol. The minimum Gasteiger partial charge on any atom is -0.469 e. The van der Waals surface area contributed by atoms with Crippen LogP contribution in [0.25, 0.3) is 0 Å². The monoisotopic (exact) mass is 473 g/mol. The second-order valence-corrected chi connectivity index (χ2v) is 7.78. The fraction of sp³-hybridized carbons (Fsp3) is 0.750. The number of guanidine groups is 1. The van der Waals surface area contributed by atoms with Crippen molar-refractivity contribution in [1.82, 2.24) is 10.2 Å². The van der Waals surface area contributed by atoms with Gasteiger partial charge in [-0.05, 0) is 49.7 Å². The van der Waals surface area contributed by atoms with Crippen molar-refractivity contribution in [3.8, 4) is 0 Å². The maximum Gasteiger partial charge on any atom is 0.194 e. The SMILES string of the molecule is I.c1coc(CCN=C(NC2CCCC2)N2CCC(C3CCOC3)C2)c1. The van der Waals surface area contributed by atoms with Crippen LogP contribution in [0.15, 0.2) is 27.8 Å². The predicted octanol–water partition coefficient (Wildman–Crippen LogP) is 3.69. The van der Waals surface area contributed by atoms with Gasteiger partial charge in [-0.25, -0.2) is 0 Å². The van der Waals surface area contributed by atoms with Crippen LogP contribution in [-0.4, -0.2) is 49.7 Å². The maximum atomic E-state index is 5.60. The molecule has 26 heavy (non-hydrogen) atoms. The van der Waals surface area contributed by atoms with Gasteiger partial charge in [0.1, 0.15) is 5.76 Å². The number of hydrogen-bond acceptors (Lipinski definition) is 3. The van der Waals surface area contributed by atoms with E-state index in [4.69, 9.17) is 14.1 Å². The Morgan fingerprint density at radius 1 is 1.19 bits per heavy atom.